The Morgan fingerprint density at radius 2 is 1.89 bits per heavy atom. The van der Waals surface area contributed by atoms with Crippen LogP contribution < -0.4 is 15.0 Å². The summed E-state index contributed by atoms with van der Waals surface area (Å²) in [6, 6.07) is 10.8. The molecule has 0 bridgehead atoms. The molecule has 0 spiro atoms. The minimum Gasteiger partial charge on any atom is -0.479 e. The molecular weight excluding hydrogens is 344 g/mol. The number of hydrogen-bond donors (Lipinski definition) is 1. The highest BCUT2D eigenvalue weighted by Crippen LogP contribution is 2.38. The molecule has 0 saturated carbocycles. The van der Waals surface area contributed by atoms with Crippen molar-refractivity contribution in [2.24, 2.45) is 0 Å². The first-order valence-electron chi connectivity index (χ1n) is 8.79. The highest BCUT2D eigenvalue weighted by Gasteiger charge is 2.25. The number of rotatable bonds is 5. The lowest BCUT2D eigenvalue weighted by Crippen LogP contribution is -2.35. The third-order valence-electron chi connectivity index (χ3n) is 4.75. The monoisotopic (exact) mass is 366 g/mol. The molecular formula is C21H22N2O4. The number of benzene rings is 2. The Morgan fingerprint density at radius 3 is 2.63 bits per heavy atom. The largest absolute Gasteiger partial charge is 0.479 e. The summed E-state index contributed by atoms with van der Waals surface area (Å²) in [4.78, 5) is 37.9. The van der Waals surface area contributed by atoms with Crippen LogP contribution in [0.2, 0.25) is 0 Å². The number of anilines is 2. The van der Waals surface area contributed by atoms with Gasteiger partial charge in [-0.25, -0.2) is 0 Å². The molecule has 0 aliphatic carbocycles. The van der Waals surface area contributed by atoms with Gasteiger partial charge < -0.3 is 15.0 Å². The number of likely N-dealkylation sites (N-methyl/N-ethyl adjacent to an activating group) is 1. The Kier molecular flexibility index (Phi) is 5.26. The zero-order chi connectivity index (χ0) is 19.6. The van der Waals surface area contributed by atoms with Crippen molar-refractivity contribution in [1.29, 1.82) is 0 Å². The van der Waals surface area contributed by atoms with Crippen LogP contribution in [-0.4, -0.2) is 31.3 Å². The molecule has 6 nitrogen and oxygen atoms in total. The third kappa shape index (κ3) is 4.00. The second-order valence-corrected chi connectivity index (χ2v) is 6.67. The van der Waals surface area contributed by atoms with Crippen LogP contribution in [-0.2, 0) is 9.59 Å². The normalized spacial score (nSPS) is 13.0. The molecule has 0 unspecified atom stereocenters. The van der Waals surface area contributed by atoms with Crippen molar-refractivity contribution in [3.05, 3.63) is 53.1 Å². The first-order valence-corrected chi connectivity index (χ1v) is 8.79. The fourth-order valence-corrected chi connectivity index (χ4v) is 2.90. The maximum Gasteiger partial charge on any atom is 0.264 e. The summed E-state index contributed by atoms with van der Waals surface area (Å²) >= 11 is 0. The van der Waals surface area contributed by atoms with Crippen molar-refractivity contribution in [2.45, 2.75) is 26.7 Å². The number of ketones is 1. The fraction of sp³-hybridized carbons (Fsp3) is 0.286. The summed E-state index contributed by atoms with van der Waals surface area (Å²) in [6.45, 7) is 3.88. The number of ether oxygens (including phenoxy) is 1. The summed E-state index contributed by atoms with van der Waals surface area (Å²) in [5, 5.41) is 2.78. The molecule has 140 valence electrons. The molecule has 2 aromatic rings. The lowest BCUT2D eigenvalue weighted by Gasteiger charge is -2.27. The predicted molar refractivity (Wildman–Crippen MR) is 103 cm³/mol. The summed E-state index contributed by atoms with van der Waals surface area (Å²) in [5.74, 6) is -0.0212. The van der Waals surface area contributed by atoms with Gasteiger partial charge in [0.25, 0.3) is 5.91 Å². The molecule has 2 amide bonds. The van der Waals surface area contributed by atoms with Gasteiger partial charge in [-0.2, -0.15) is 0 Å². The van der Waals surface area contributed by atoms with Crippen LogP contribution in [0.4, 0.5) is 11.4 Å². The van der Waals surface area contributed by atoms with Crippen molar-refractivity contribution in [3.63, 3.8) is 0 Å². The van der Waals surface area contributed by atoms with E-state index in [0.29, 0.717) is 22.7 Å². The van der Waals surface area contributed by atoms with E-state index >= 15 is 0 Å². The van der Waals surface area contributed by atoms with Gasteiger partial charge >= 0.3 is 0 Å². The van der Waals surface area contributed by atoms with Gasteiger partial charge in [-0.05, 0) is 43.2 Å². The van der Waals surface area contributed by atoms with Gasteiger partial charge in [0.05, 0.1) is 11.4 Å². The Bertz CT molecular complexity index is 920. The smallest absolute Gasteiger partial charge is 0.264 e. The van der Waals surface area contributed by atoms with E-state index in [-0.39, 0.29) is 37.0 Å². The third-order valence-corrected chi connectivity index (χ3v) is 4.75. The van der Waals surface area contributed by atoms with Crippen LogP contribution in [0.1, 0.15) is 34.3 Å². The van der Waals surface area contributed by atoms with Crippen molar-refractivity contribution in [3.8, 4) is 5.75 Å². The highest BCUT2D eigenvalue weighted by molar-refractivity contribution is 6.03. The first kappa shape index (κ1) is 18.6. The second-order valence-electron chi connectivity index (χ2n) is 6.67. The standard InChI is InChI=1S/C21H22N2O4/c1-13-7-8-15(11-14(13)2)18(24)9-10-19(25)22-16-5-4-6-17-21(16)27-12-20(26)23(17)3/h4-8,11H,9-10,12H2,1-3H3,(H,22,25). The molecule has 27 heavy (non-hydrogen) atoms. The van der Waals surface area contributed by atoms with Crippen LogP contribution in [0.5, 0.6) is 5.75 Å². The summed E-state index contributed by atoms with van der Waals surface area (Å²) in [5.41, 5.74) is 3.90. The molecule has 0 atom stereocenters. The first-order chi connectivity index (χ1) is 12.9. The molecule has 1 aliphatic heterocycles. The van der Waals surface area contributed by atoms with E-state index < -0.39 is 0 Å². The number of nitrogens with one attached hydrogen (secondary N) is 1. The molecule has 0 saturated heterocycles. The van der Waals surface area contributed by atoms with Gasteiger partial charge in [-0.15, -0.1) is 0 Å². The van der Waals surface area contributed by atoms with Crippen LogP contribution in [0, 0.1) is 13.8 Å². The molecule has 1 aliphatic rings. The van der Waals surface area contributed by atoms with Crippen molar-refractivity contribution >= 4 is 29.0 Å². The minimum atomic E-state index is -0.274. The molecule has 3 rings (SSSR count). The number of para-hydroxylation sites is 1. The maximum absolute atomic E-state index is 12.3. The Morgan fingerprint density at radius 1 is 1.11 bits per heavy atom. The fourth-order valence-electron chi connectivity index (χ4n) is 2.90. The molecule has 0 aromatic heterocycles. The molecule has 0 radical (unpaired) electrons. The average molecular weight is 366 g/mol. The second kappa shape index (κ2) is 7.61. The SMILES string of the molecule is Cc1ccc(C(=O)CCC(=O)Nc2cccc3c2OCC(=O)N3C)cc1C. The van der Waals surface area contributed by atoms with Gasteiger partial charge in [0.1, 0.15) is 0 Å². The van der Waals surface area contributed by atoms with Crippen molar-refractivity contribution in [1.82, 2.24) is 0 Å². The minimum absolute atomic E-state index is 0.0649. The lowest BCUT2D eigenvalue weighted by atomic mass is 10.0. The van der Waals surface area contributed by atoms with E-state index in [1.165, 1.54) is 4.90 Å². The number of carbonyl (C=O) groups is 3. The van der Waals surface area contributed by atoms with Crippen LogP contribution >= 0.6 is 0 Å². The number of hydrogen-bond acceptors (Lipinski definition) is 4. The van der Waals surface area contributed by atoms with Gasteiger partial charge in [0, 0.05) is 25.5 Å². The maximum atomic E-state index is 12.3. The number of fused-ring (bicyclic) bond motifs is 1. The van der Waals surface area contributed by atoms with E-state index in [1.807, 2.05) is 26.0 Å². The number of carbonyl (C=O) groups excluding carboxylic acids is 3. The molecule has 2 aromatic carbocycles. The Hall–Kier alpha value is -3.15. The average Bonchev–Trinajstić information content (AvgIpc) is 2.65. The number of nitrogens with zero attached hydrogens (tertiary/aromatic N) is 1. The van der Waals surface area contributed by atoms with E-state index in [0.717, 1.165) is 11.1 Å². The Labute approximate surface area is 158 Å². The Balaban J connectivity index is 1.64. The van der Waals surface area contributed by atoms with Gasteiger partial charge in [-0.1, -0.05) is 18.2 Å². The van der Waals surface area contributed by atoms with Crippen molar-refractivity contribution in [2.75, 3.05) is 23.9 Å². The van der Waals surface area contributed by atoms with Gasteiger partial charge in [-0.3, -0.25) is 14.4 Å². The number of amides is 2. The zero-order valence-corrected chi connectivity index (χ0v) is 15.7. The van der Waals surface area contributed by atoms with Crippen LogP contribution in [0.15, 0.2) is 36.4 Å². The summed E-state index contributed by atoms with van der Waals surface area (Å²) in [7, 11) is 1.66. The summed E-state index contributed by atoms with van der Waals surface area (Å²) < 4.78 is 5.48. The van der Waals surface area contributed by atoms with Crippen LogP contribution in [0.25, 0.3) is 0 Å². The summed E-state index contributed by atoms with van der Waals surface area (Å²) in [6.07, 6.45) is 0.201. The molecule has 1 heterocycles. The van der Waals surface area contributed by atoms with E-state index in [2.05, 4.69) is 5.32 Å². The van der Waals surface area contributed by atoms with E-state index in [9.17, 15) is 14.4 Å². The molecule has 0 fully saturated rings. The predicted octanol–water partition coefficient (Wildman–Crippen LogP) is 3.26. The van der Waals surface area contributed by atoms with Gasteiger partial charge in [0.2, 0.25) is 5.91 Å². The van der Waals surface area contributed by atoms with E-state index in [1.54, 1.807) is 31.3 Å². The number of Topliss-reactive ketones (excluding diaryl/α,β-unsaturated/α-hetero) is 1. The molecule has 1 N–H and O–H groups in total. The topological polar surface area (TPSA) is 75.7 Å². The molecule has 6 heteroatoms. The van der Waals surface area contributed by atoms with E-state index in [4.69, 9.17) is 4.74 Å². The highest BCUT2D eigenvalue weighted by atomic mass is 16.5. The number of aryl methyl sites for hydroxylation is 2. The zero-order valence-electron chi connectivity index (χ0n) is 15.7. The van der Waals surface area contributed by atoms with Crippen LogP contribution in [0.3, 0.4) is 0 Å². The van der Waals surface area contributed by atoms with Gasteiger partial charge in [0.15, 0.2) is 18.1 Å². The van der Waals surface area contributed by atoms with Crippen molar-refractivity contribution < 1.29 is 19.1 Å². The lowest BCUT2D eigenvalue weighted by molar-refractivity contribution is -0.121. The quantitative estimate of drug-likeness (QED) is 0.824.